The SMILES string of the molecule is Cc1ccc(N[C@@H](C(=O)c2c[nH]c3ccccc23)c2ccccc2)cc1. The van der Waals surface area contributed by atoms with E-state index in [1.165, 1.54) is 5.56 Å². The summed E-state index contributed by atoms with van der Waals surface area (Å²) < 4.78 is 0. The van der Waals surface area contributed by atoms with Crippen LogP contribution in [0.5, 0.6) is 0 Å². The number of aromatic amines is 1. The maximum absolute atomic E-state index is 13.4. The van der Waals surface area contributed by atoms with Gasteiger partial charge in [0.15, 0.2) is 5.78 Å². The number of aryl methyl sites for hydroxylation is 1. The zero-order chi connectivity index (χ0) is 17.9. The molecule has 0 aliphatic heterocycles. The van der Waals surface area contributed by atoms with Crippen LogP contribution in [0.2, 0.25) is 0 Å². The van der Waals surface area contributed by atoms with E-state index in [4.69, 9.17) is 0 Å². The number of ketones is 1. The fourth-order valence-electron chi connectivity index (χ4n) is 3.19. The number of carbonyl (C=O) groups is 1. The van der Waals surface area contributed by atoms with Crippen molar-refractivity contribution in [2.75, 3.05) is 5.32 Å². The minimum Gasteiger partial charge on any atom is -0.371 e. The summed E-state index contributed by atoms with van der Waals surface area (Å²) in [6.45, 7) is 2.05. The van der Waals surface area contributed by atoms with Crippen molar-refractivity contribution in [3.8, 4) is 0 Å². The van der Waals surface area contributed by atoms with Gasteiger partial charge in [-0.15, -0.1) is 0 Å². The number of benzene rings is 3. The molecule has 4 rings (SSSR count). The lowest BCUT2D eigenvalue weighted by atomic mass is 9.96. The van der Waals surface area contributed by atoms with Gasteiger partial charge in [-0.25, -0.2) is 0 Å². The van der Waals surface area contributed by atoms with Crippen molar-refractivity contribution in [1.82, 2.24) is 4.98 Å². The van der Waals surface area contributed by atoms with Crippen LogP contribution in [-0.4, -0.2) is 10.8 Å². The fourth-order valence-corrected chi connectivity index (χ4v) is 3.19. The highest BCUT2D eigenvalue weighted by Crippen LogP contribution is 2.27. The second kappa shape index (κ2) is 6.89. The van der Waals surface area contributed by atoms with Gasteiger partial charge >= 0.3 is 0 Å². The number of carbonyl (C=O) groups excluding carboxylic acids is 1. The third-order valence-electron chi connectivity index (χ3n) is 4.61. The van der Waals surface area contributed by atoms with E-state index >= 15 is 0 Å². The summed E-state index contributed by atoms with van der Waals surface area (Å²) >= 11 is 0. The summed E-state index contributed by atoms with van der Waals surface area (Å²) in [6, 6.07) is 25.4. The molecule has 0 fully saturated rings. The Morgan fingerprint density at radius 2 is 1.58 bits per heavy atom. The van der Waals surface area contributed by atoms with E-state index in [9.17, 15) is 4.79 Å². The van der Waals surface area contributed by atoms with Crippen LogP contribution in [0.25, 0.3) is 10.9 Å². The Morgan fingerprint density at radius 3 is 2.35 bits per heavy atom. The first-order chi connectivity index (χ1) is 12.7. The van der Waals surface area contributed by atoms with Gasteiger partial charge in [0.2, 0.25) is 0 Å². The number of hydrogen-bond acceptors (Lipinski definition) is 2. The summed E-state index contributed by atoms with van der Waals surface area (Å²) in [5.41, 5.74) is 4.74. The molecule has 0 aliphatic carbocycles. The lowest BCUT2D eigenvalue weighted by molar-refractivity contribution is 0.0971. The van der Waals surface area contributed by atoms with Gasteiger partial charge in [0, 0.05) is 28.4 Å². The highest BCUT2D eigenvalue weighted by molar-refractivity contribution is 6.11. The van der Waals surface area contributed by atoms with Gasteiger partial charge in [-0.1, -0.05) is 66.2 Å². The molecule has 0 saturated heterocycles. The first-order valence-corrected chi connectivity index (χ1v) is 8.71. The molecular formula is C23H20N2O. The molecule has 0 radical (unpaired) electrons. The molecule has 26 heavy (non-hydrogen) atoms. The van der Waals surface area contributed by atoms with E-state index in [0.717, 1.165) is 22.2 Å². The minimum absolute atomic E-state index is 0.0502. The maximum atomic E-state index is 13.4. The third kappa shape index (κ3) is 3.11. The molecule has 3 heteroatoms. The number of rotatable bonds is 5. The number of fused-ring (bicyclic) bond motifs is 1. The van der Waals surface area contributed by atoms with Crippen molar-refractivity contribution in [3.05, 3.63) is 102 Å². The van der Waals surface area contributed by atoms with Gasteiger partial charge < -0.3 is 10.3 Å². The second-order valence-electron chi connectivity index (χ2n) is 6.47. The number of anilines is 1. The monoisotopic (exact) mass is 340 g/mol. The summed E-state index contributed by atoms with van der Waals surface area (Å²) in [5.74, 6) is 0.0502. The molecule has 0 aliphatic rings. The van der Waals surface area contributed by atoms with Gasteiger partial charge in [-0.05, 0) is 30.7 Å². The van der Waals surface area contributed by atoms with Crippen molar-refractivity contribution in [2.45, 2.75) is 13.0 Å². The molecule has 1 heterocycles. The predicted molar refractivity (Wildman–Crippen MR) is 107 cm³/mol. The van der Waals surface area contributed by atoms with E-state index < -0.39 is 6.04 Å². The number of hydrogen-bond donors (Lipinski definition) is 2. The van der Waals surface area contributed by atoms with Crippen LogP contribution in [0.1, 0.15) is 27.5 Å². The minimum atomic E-state index is -0.446. The van der Waals surface area contributed by atoms with Crippen molar-refractivity contribution in [3.63, 3.8) is 0 Å². The van der Waals surface area contributed by atoms with Crippen LogP contribution in [0.3, 0.4) is 0 Å². The molecule has 3 nitrogen and oxygen atoms in total. The molecule has 0 amide bonds. The summed E-state index contributed by atoms with van der Waals surface area (Å²) in [5, 5.41) is 4.36. The zero-order valence-electron chi connectivity index (χ0n) is 14.6. The van der Waals surface area contributed by atoms with Crippen LogP contribution < -0.4 is 5.32 Å². The Morgan fingerprint density at radius 1 is 0.885 bits per heavy atom. The van der Waals surface area contributed by atoms with Gasteiger partial charge in [0.25, 0.3) is 0 Å². The molecule has 4 aromatic rings. The summed E-state index contributed by atoms with van der Waals surface area (Å²) in [4.78, 5) is 16.6. The third-order valence-corrected chi connectivity index (χ3v) is 4.61. The highest BCUT2D eigenvalue weighted by atomic mass is 16.1. The number of para-hydroxylation sites is 1. The normalized spacial score (nSPS) is 12.0. The van der Waals surface area contributed by atoms with Gasteiger partial charge in [0.1, 0.15) is 6.04 Å². The Labute approximate surface area is 152 Å². The number of aromatic nitrogens is 1. The Kier molecular flexibility index (Phi) is 4.28. The summed E-state index contributed by atoms with van der Waals surface area (Å²) in [6.07, 6.45) is 1.81. The van der Waals surface area contributed by atoms with Crippen LogP contribution in [0, 0.1) is 6.92 Å². The average Bonchev–Trinajstić information content (AvgIpc) is 3.12. The fraction of sp³-hybridized carbons (Fsp3) is 0.0870. The lowest BCUT2D eigenvalue weighted by Crippen LogP contribution is -2.21. The quantitative estimate of drug-likeness (QED) is 0.470. The summed E-state index contributed by atoms with van der Waals surface area (Å²) in [7, 11) is 0. The van der Waals surface area contributed by atoms with Gasteiger partial charge in [-0.3, -0.25) is 4.79 Å². The molecule has 0 unspecified atom stereocenters. The largest absolute Gasteiger partial charge is 0.371 e. The molecule has 0 saturated carbocycles. The molecule has 0 spiro atoms. The molecule has 3 aromatic carbocycles. The van der Waals surface area contributed by atoms with Crippen LogP contribution in [-0.2, 0) is 0 Å². The molecular weight excluding hydrogens is 320 g/mol. The smallest absolute Gasteiger partial charge is 0.191 e. The van der Waals surface area contributed by atoms with E-state index in [0.29, 0.717) is 5.56 Å². The van der Waals surface area contributed by atoms with Crippen molar-refractivity contribution in [2.24, 2.45) is 0 Å². The molecule has 128 valence electrons. The Balaban J connectivity index is 1.74. The van der Waals surface area contributed by atoms with Crippen molar-refractivity contribution < 1.29 is 4.79 Å². The first-order valence-electron chi connectivity index (χ1n) is 8.71. The molecule has 2 N–H and O–H groups in total. The lowest BCUT2D eigenvalue weighted by Gasteiger charge is -2.19. The standard InChI is InChI=1S/C23H20N2O/c1-16-11-13-18(14-12-16)25-22(17-7-3-2-4-8-17)23(26)20-15-24-21-10-6-5-9-19(20)21/h2-15,22,24-25H,1H3/t22-/m1/s1. The van der Waals surface area contributed by atoms with E-state index in [1.54, 1.807) is 6.20 Å². The van der Waals surface area contributed by atoms with Crippen molar-refractivity contribution in [1.29, 1.82) is 0 Å². The number of H-pyrrole nitrogens is 1. The highest BCUT2D eigenvalue weighted by Gasteiger charge is 2.24. The van der Waals surface area contributed by atoms with Crippen LogP contribution in [0.15, 0.2) is 85.1 Å². The van der Waals surface area contributed by atoms with E-state index in [1.807, 2.05) is 78.9 Å². The predicted octanol–water partition coefficient (Wildman–Crippen LogP) is 5.51. The maximum Gasteiger partial charge on any atom is 0.191 e. The van der Waals surface area contributed by atoms with Gasteiger partial charge in [-0.2, -0.15) is 0 Å². The van der Waals surface area contributed by atoms with Crippen molar-refractivity contribution >= 4 is 22.4 Å². The van der Waals surface area contributed by atoms with E-state index in [-0.39, 0.29) is 5.78 Å². The van der Waals surface area contributed by atoms with Crippen LogP contribution >= 0.6 is 0 Å². The molecule has 0 bridgehead atoms. The number of nitrogens with one attached hydrogen (secondary N) is 2. The molecule has 1 atom stereocenters. The number of Topliss-reactive ketones (excluding diaryl/α,β-unsaturated/α-hetero) is 1. The van der Waals surface area contributed by atoms with Gasteiger partial charge in [0.05, 0.1) is 0 Å². The Hall–Kier alpha value is -3.33. The Bertz CT molecular complexity index is 1030. The topological polar surface area (TPSA) is 44.9 Å². The second-order valence-corrected chi connectivity index (χ2v) is 6.47. The molecule has 1 aromatic heterocycles. The first kappa shape index (κ1) is 16.2. The zero-order valence-corrected chi connectivity index (χ0v) is 14.6. The average molecular weight is 340 g/mol. The van der Waals surface area contributed by atoms with Crippen LogP contribution in [0.4, 0.5) is 5.69 Å². The van der Waals surface area contributed by atoms with E-state index in [2.05, 4.69) is 17.2 Å².